The van der Waals surface area contributed by atoms with Gasteiger partial charge in [0.25, 0.3) is 0 Å². The fourth-order valence-corrected chi connectivity index (χ4v) is 4.32. The number of Topliss-reactive ketones (excluding diaryl/α,β-unsaturated/α-hetero) is 1. The van der Waals surface area contributed by atoms with E-state index in [0.717, 1.165) is 0 Å². The molecule has 4 unspecified atom stereocenters. The van der Waals surface area contributed by atoms with Crippen LogP contribution in [0.4, 0.5) is 0 Å². The van der Waals surface area contributed by atoms with Crippen LogP contribution in [0.2, 0.25) is 0 Å². The normalized spacial score (nSPS) is 23.0. The molecule has 2 aliphatic heterocycles. The Labute approximate surface area is 167 Å². The van der Waals surface area contributed by atoms with Gasteiger partial charge in [-0.05, 0) is 24.3 Å². The first-order valence-corrected chi connectivity index (χ1v) is 10.1. The smallest absolute Gasteiger partial charge is 0.167 e. The van der Waals surface area contributed by atoms with Crippen molar-refractivity contribution in [1.29, 1.82) is 0 Å². The van der Waals surface area contributed by atoms with Gasteiger partial charge in [-0.2, -0.15) is 0 Å². The van der Waals surface area contributed by atoms with Crippen LogP contribution in [0, 0.1) is 0 Å². The van der Waals surface area contributed by atoms with Crippen LogP contribution in [0.3, 0.4) is 0 Å². The average molecular weight is 484 g/mol. The van der Waals surface area contributed by atoms with Gasteiger partial charge in [0, 0.05) is 0 Å². The predicted octanol–water partition coefficient (Wildman–Crippen LogP) is 3.76. The maximum absolute atomic E-state index is 12.9. The highest BCUT2D eigenvalue weighted by Gasteiger charge is 2.40. The maximum atomic E-state index is 12.9. The lowest BCUT2D eigenvalue weighted by atomic mass is 10.1. The fourth-order valence-electron chi connectivity index (χ4n) is 2.88. The van der Waals surface area contributed by atoms with E-state index in [9.17, 15) is 4.79 Å². The van der Waals surface area contributed by atoms with Crippen LogP contribution < -0.4 is 18.9 Å². The van der Waals surface area contributed by atoms with E-state index < -0.39 is 21.9 Å². The van der Waals surface area contributed by atoms with E-state index in [1.165, 1.54) is 0 Å². The lowest BCUT2D eigenvalue weighted by molar-refractivity contribution is -0.121. The van der Waals surface area contributed by atoms with Gasteiger partial charge >= 0.3 is 0 Å². The first-order chi connectivity index (χ1) is 12.6. The van der Waals surface area contributed by atoms with Crippen molar-refractivity contribution >= 4 is 37.6 Å². The van der Waals surface area contributed by atoms with Gasteiger partial charge in [-0.1, -0.05) is 56.1 Å². The van der Waals surface area contributed by atoms with Crippen molar-refractivity contribution < 1.29 is 23.7 Å². The molecule has 4 atom stereocenters. The van der Waals surface area contributed by atoms with E-state index in [-0.39, 0.29) is 5.78 Å². The zero-order valence-electron chi connectivity index (χ0n) is 13.6. The molecule has 2 aromatic rings. The molecule has 5 nitrogen and oxygen atoms in total. The summed E-state index contributed by atoms with van der Waals surface area (Å²) < 4.78 is 23.2. The van der Waals surface area contributed by atoms with Crippen LogP contribution in [0.25, 0.3) is 0 Å². The van der Waals surface area contributed by atoms with E-state index in [0.29, 0.717) is 36.2 Å². The summed E-state index contributed by atoms with van der Waals surface area (Å²) in [5, 5.41) is 0. The molecule has 2 aliphatic rings. The number of hydrogen-bond acceptors (Lipinski definition) is 5. The SMILES string of the molecule is O=C(C(Br)C1COc2ccccc2O1)C(Br)C1COc2ccccc2O1. The minimum absolute atomic E-state index is 0.0778. The molecule has 0 spiro atoms. The van der Waals surface area contributed by atoms with Gasteiger partial charge in [-0.15, -0.1) is 0 Å². The number of carbonyl (C=O) groups excluding carboxylic acids is 1. The van der Waals surface area contributed by atoms with Crippen LogP contribution in [-0.2, 0) is 4.79 Å². The molecule has 0 radical (unpaired) electrons. The molecular formula is C19H16Br2O5. The van der Waals surface area contributed by atoms with Crippen molar-refractivity contribution in [2.45, 2.75) is 21.9 Å². The van der Waals surface area contributed by atoms with Crippen LogP contribution in [-0.4, -0.2) is 40.9 Å². The maximum Gasteiger partial charge on any atom is 0.167 e. The molecule has 0 aliphatic carbocycles. The Hall–Kier alpha value is -1.73. The van der Waals surface area contributed by atoms with E-state index in [2.05, 4.69) is 31.9 Å². The fraction of sp³-hybridized carbons (Fsp3) is 0.316. The number of benzene rings is 2. The highest BCUT2D eigenvalue weighted by Crippen LogP contribution is 2.35. The van der Waals surface area contributed by atoms with Gasteiger partial charge < -0.3 is 18.9 Å². The zero-order valence-corrected chi connectivity index (χ0v) is 16.8. The van der Waals surface area contributed by atoms with E-state index >= 15 is 0 Å². The van der Waals surface area contributed by atoms with E-state index in [1.807, 2.05) is 48.5 Å². The number of fused-ring (bicyclic) bond motifs is 2. The summed E-state index contributed by atoms with van der Waals surface area (Å²) in [7, 11) is 0. The Bertz CT molecular complexity index is 747. The number of ether oxygens (including phenoxy) is 4. The number of para-hydroxylation sites is 4. The van der Waals surface area contributed by atoms with Crippen molar-refractivity contribution in [3.05, 3.63) is 48.5 Å². The molecule has 0 N–H and O–H groups in total. The molecular weight excluding hydrogens is 468 g/mol. The molecule has 0 fully saturated rings. The van der Waals surface area contributed by atoms with Crippen LogP contribution >= 0.6 is 31.9 Å². The monoisotopic (exact) mass is 482 g/mol. The summed E-state index contributed by atoms with van der Waals surface area (Å²) in [5.41, 5.74) is 0. The van der Waals surface area contributed by atoms with Crippen LogP contribution in [0.1, 0.15) is 0 Å². The number of halogens is 2. The molecule has 136 valence electrons. The molecule has 26 heavy (non-hydrogen) atoms. The van der Waals surface area contributed by atoms with Gasteiger partial charge in [-0.25, -0.2) is 0 Å². The second-order valence-electron chi connectivity index (χ2n) is 6.03. The topological polar surface area (TPSA) is 54.0 Å². The number of ketones is 1. The largest absolute Gasteiger partial charge is 0.486 e. The second-order valence-corrected chi connectivity index (χ2v) is 8.01. The summed E-state index contributed by atoms with van der Waals surface area (Å²) in [6.45, 7) is 0.590. The Balaban J connectivity index is 1.43. The Morgan fingerprint density at radius 3 is 1.58 bits per heavy atom. The number of hydrogen-bond donors (Lipinski definition) is 0. The number of carbonyl (C=O) groups is 1. The third kappa shape index (κ3) is 3.42. The quantitative estimate of drug-likeness (QED) is 0.619. The third-order valence-electron chi connectivity index (χ3n) is 4.26. The summed E-state index contributed by atoms with van der Waals surface area (Å²) in [4.78, 5) is 11.8. The first-order valence-electron chi connectivity index (χ1n) is 8.22. The standard InChI is InChI=1S/C19H16Br2O5/c20-17(15-9-23-11-5-1-3-7-13(11)25-15)19(22)18(21)16-10-24-12-6-2-4-8-14(12)26-16/h1-8,15-18H,9-10H2. The molecule has 2 aromatic carbocycles. The summed E-state index contributed by atoms with van der Waals surface area (Å²) in [5.74, 6) is 2.57. The average Bonchev–Trinajstić information content (AvgIpc) is 2.71. The van der Waals surface area contributed by atoms with Gasteiger partial charge in [0.15, 0.2) is 41.0 Å². The minimum Gasteiger partial charge on any atom is -0.486 e. The van der Waals surface area contributed by atoms with E-state index in [1.54, 1.807) is 0 Å². The lowest BCUT2D eigenvalue weighted by Gasteiger charge is -2.32. The third-order valence-corrected chi connectivity index (χ3v) is 6.34. The molecule has 0 aromatic heterocycles. The summed E-state index contributed by atoms with van der Waals surface area (Å²) >= 11 is 6.95. The minimum atomic E-state index is -0.541. The highest BCUT2D eigenvalue weighted by molar-refractivity contribution is 9.10. The highest BCUT2D eigenvalue weighted by atomic mass is 79.9. The van der Waals surface area contributed by atoms with Gasteiger partial charge in [0.05, 0.1) is 0 Å². The van der Waals surface area contributed by atoms with Crippen molar-refractivity contribution in [2.24, 2.45) is 0 Å². The van der Waals surface area contributed by atoms with Gasteiger partial charge in [0.2, 0.25) is 0 Å². The van der Waals surface area contributed by atoms with Crippen molar-refractivity contribution in [2.75, 3.05) is 13.2 Å². The van der Waals surface area contributed by atoms with Crippen LogP contribution in [0.5, 0.6) is 23.0 Å². The molecule has 0 bridgehead atoms. The summed E-state index contributed by atoms with van der Waals surface area (Å²) in [6.07, 6.45) is -0.844. The molecule has 4 rings (SSSR count). The van der Waals surface area contributed by atoms with Crippen molar-refractivity contribution in [3.63, 3.8) is 0 Å². The molecule has 2 heterocycles. The lowest BCUT2D eigenvalue weighted by Crippen LogP contribution is -2.48. The van der Waals surface area contributed by atoms with Crippen LogP contribution in [0.15, 0.2) is 48.5 Å². The number of rotatable bonds is 4. The van der Waals surface area contributed by atoms with Gasteiger partial charge in [0.1, 0.15) is 22.9 Å². The summed E-state index contributed by atoms with van der Waals surface area (Å²) in [6, 6.07) is 14.8. The molecule has 0 saturated carbocycles. The van der Waals surface area contributed by atoms with Gasteiger partial charge in [-0.3, -0.25) is 4.79 Å². The predicted molar refractivity (Wildman–Crippen MR) is 103 cm³/mol. The Kier molecular flexibility index (Phi) is 5.09. The Morgan fingerprint density at radius 2 is 1.15 bits per heavy atom. The van der Waals surface area contributed by atoms with E-state index in [4.69, 9.17) is 18.9 Å². The molecule has 7 heteroatoms. The van der Waals surface area contributed by atoms with Crippen molar-refractivity contribution in [3.8, 4) is 23.0 Å². The first kappa shape index (κ1) is 17.7. The zero-order chi connectivity index (χ0) is 18.1. The molecule has 0 amide bonds. The number of alkyl halides is 2. The molecule has 0 saturated heterocycles. The second kappa shape index (κ2) is 7.48. The Morgan fingerprint density at radius 1 is 0.769 bits per heavy atom. The van der Waals surface area contributed by atoms with Crippen molar-refractivity contribution in [1.82, 2.24) is 0 Å².